The maximum Gasteiger partial charge on any atom is 0.166 e. The fourth-order valence-corrected chi connectivity index (χ4v) is 1.64. The third kappa shape index (κ3) is 3.02. The molecule has 96 valence electrons. The van der Waals surface area contributed by atoms with E-state index >= 15 is 0 Å². The molecule has 0 heterocycles. The monoisotopic (exact) mass is 257 g/mol. The molecule has 0 saturated heterocycles. The number of hydrogen-bond acceptors (Lipinski definition) is 3. The third-order valence-electron chi connectivity index (χ3n) is 2.61. The van der Waals surface area contributed by atoms with E-state index in [9.17, 15) is 4.39 Å². The molecule has 0 aliphatic rings. The van der Waals surface area contributed by atoms with Gasteiger partial charge in [0, 0.05) is 6.07 Å². The normalized spacial score (nSPS) is 9.74. The van der Waals surface area contributed by atoms with Crippen molar-refractivity contribution in [1.29, 1.82) is 5.26 Å². The summed E-state index contributed by atoms with van der Waals surface area (Å²) in [5.41, 5.74) is 1.08. The average molecular weight is 257 g/mol. The maximum absolute atomic E-state index is 13.7. The lowest BCUT2D eigenvalue weighted by Gasteiger charge is -2.10. The van der Waals surface area contributed by atoms with Crippen molar-refractivity contribution in [1.82, 2.24) is 0 Å². The molecule has 0 bridgehead atoms. The Kier molecular flexibility index (Phi) is 3.99. The van der Waals surface area contributed by atoms with E-state index < -0.39 is 5.82 Å². The van der Waals surface area contributed by atoms with Gasteiger partial charge in [0.2, 0.25) is 0 Å². The van der Waals surface area contributed by atoms with E-state index in [1.54, 1.807) is 0 Å². The van der Waals surface area contributed by atoms with Crippen LogP contribution in [0, 0.1) is 17.1 Å². The number of nitriles is 1. The molecule has 4 heteroatoms. The summed E-state index contributed by atoms with van der Waals surface area (Å²) in [5.74, 6) is -0.208. The zero-order valence-corrected chi connectivity index (χ0v) is 10.4. The van der Waals surface area contributed by atoms with Crippen molar-refractivity contribution < 1.29 is 13.9 Å². The highest BCUT2D eigenvalue weighted by Gasteiger charge is 2.11. The Morgan fingerprint density at radius 3 is 2.53 bits per heavy atom. The second kappa shape index (κ2) is 5.87. The molecular formula is C15H12FNO2. The summed E-state index contributed by atoms with van der Waals surface area (Å²) in [5, 5.41) is 8.84. The lowest BCUT2D eigenvalue weighted by Crippen LogP contribution is -1.99. The number of nitrogens with zero attached hydrogens (tertiary/aromatic N) is 1. The van der Waals surface area contributed by atoms with Crippen LogP contribution in [0.2, 0.25) is 0 Å². The van der Waals surface area contributed by atoms with Gasteiger partial charge in [0.1, 0.15) is 18.4 Å². The SMILES string of the molecule is COc1cc(OCc2ccccc2)c(F)cc1C#N. The molecule has 3 nitrogen and oxygen atoms in total. The van der Waals surface area contributed by atoms with Gasteiger partial charge in [-0.3, -0.25) is 0 Å². The molecular weight excluding hydrogens is 245 g/mol. The van der Waals surface area contributed by atoms with Crippen LogP contribution in [0.5, 0.6) is 11.5 Å². The Labute approximate surface area is 110 Å². The van der Waals surface area contributed by atoms with Crippen molar-refractivity contribution in [3.05, 3.63) is 59.4 Å². The maximum atomic E-state index is 13.7. The number of ether oxygens (including phenoxy) is 2. The Balaban J connectivity index is 2.19. The highest BCUT2D eigenvalue weighted by Crippen LogP contribution is 2.28. The molecule has 19 heavy (non-hydrogen) atoms. The fourth-order valence-electron chi connectivity index (χ4n) is 1.64. The summed E-state index contributed by atoms with van der Waals surface area (Å²) in [6.07, 6.45) is 0. The summed E-state index contributed by atoms with van der Waals surface area (Å²) in [6, 6.07) is 13.8. The van der Waals surface area contributed by atoms with Crippen LogP contribution in [0.15, 0.2) is 42.5 Å². The number of hydrogen-bond donors (Lipinski definition) is 0. The van der Waals surface area contributed by atoms with E-state index in [4.69, 9.17) is 14.7 Å². The predicted molar refractivity (Wildman–Crippen MR) is 68.4 cm³/mol. The number of rotatable bonds is 4. The van der Waals surface area contributed by atoms with E-state index in [0.29, 0.717) is 5.75 Å². The molecule has 0 aromatic heterocycles. The number of methoxy groups -OCH3 is 1. The van der Waals surface area contributed by atoms with Gasteiger partial charge >= 0.3 is 0 Å². The topological polar surface area (TPSA) is 42.2 Å². The first kappa shape index (κ1) is 12.9. The van der Waals surface area contributed by atoms with Crippen LogP contribution in [-0.2, 0) is 6.61 Å². The van der Waals surface area contributed by atoms with E-state index in [0.717, 1.165) is 11.6 Å². The fraction of sp³-hybridized carbons (Fsp3) is 0.133. The van der Waals surface area contributed by atoms with Gasteiger partial charge in [0.15, 0.2) is 11.6 Å². The van der Waals surface area contributed by atoms with Gasteiger partial charge in [0.25, 0.3) is 0 Å². The van der Waals surface area contributed by atoms with Crippen LogP contribution in [0.4, 0.5) is 4.39 Å². The molecule has 0 radical (unpaired) electrons. The van der Waals surface area contributed by atoms with Crippen molar-refractivity contribution in [3.8, 4) is 17.6 Å². The smallest absolute Gasteiger partial charge is 0.166 e. The van der Waals surface area contributed by atoms with E-state index in [1.807, 2.05) is 36.4 Å². The molecule has 2 rings (SSSR count). The Morgan fingerprint density at radius 2 is 1.89 bits per heavy atom. The number of halogens is 1. The van der Waals surface area contributed by atoms with Gasteiger partial charge in [-0.1, -0.05) is 30.3 Å². The molecule has 2 aromatic carbocycles. The molecule has 0 aliphatic heterocycles. The molecule has 0 atom stereocenters. The third-order valence-corrected chi connectivity index (χ3v) is 2.61. The Bertz CT molecular complexity index is 606. The minimum atomic E-state index is -0.576. The van der Waals surface area contributed by atoms with Gasteiger partial charge in [-0.15, -0.1) is 0 Å². The first-order valence-electron chi connectivity index (χ1n) is 5.69. The molecule has 0 unspecified atom stereocenters. The first-order valence-corrected chi connectivity index (χ1v) is 5.69. The largest absolute Gasteiger partial charge is 0.495 e. The molecule has 0 aliphatic carbocycles. The van der Waals surface area contributed by atoms with Gasteiger partial charge in [0.05, 0.1) is 12.7 Å². The average Bonchev–Trinajstić information content (AvgIpc) is 2.46. The zero-order chi connectivity index (χ0) is 13.7. The lowest BCUT2D eigenvalue weighted by molar-refractivity contribution is 0.287. The summed E-state index contributed by atoms with van der Waals surface area (Å²) in [7, 11) is 1.43. The van der Waals surface area contributed by atoms with Gasteiger partial charge in [-0.25, -0.2) is 4.39 Å². The molecule has 0 saturated carbocycles. The van der Waals surface area contributed by atoms with Crippen LogP contribution in [0.3, 0.4) is 0 Å². The zero-order valence-electron chi connectivity index (χ0n) is 10.4. The summed E-state index contributed by atoms with van der Waals surface area (Å²) in [6.45, 7) is 0.257. The Hall–Kier alpha value is -2.54. The standard InChI is InChI=1S/C15H12FNO2/c1-18-14-8-15(13(16)7-12(14)9-17)19-10-11-5-3-2-4-6-11/h2-8H,10H2,1H3. The van der Waals surface area contributed by atoms with Crippen molar-refractivity contribution in [2.24, 2.45) is 0 Å². The first-order chi connectivity index (χ1) is 9.24. The summed E-state index contributed by atoms with van der Waals surface area (Å²) in [4.78, 5) is 0. The minimum Gasteiger partial charge on any atom is -0.495 e. The van der Waals surface area contributed by atoms with E-state index in [2.05, 4.69) is 0 Å². The van der Waals surface area contributed by atoms with Crippen LogP contribution in [-0.4, -0.2) is 7.11 Å². The van der Waals surface area contributed by atoms with Crippen LogP contribution in [0.1, 0.15) is 11.1 Å². The molecule has 0 spiro atoms. The van der Waals surface area contributed by atoms with Crippen molar-refractivity contribution in [3.63, 3.8) is 0 Å². The molecule has 0 amide bonds. The van der Waals surface area contributed by atoms with Gasteiger partial charge in [-0.05, 0) is 11.6 Å². The molecule has 0 fully saturated rings. The van der Waals surface area contributed by atoms with E-state index in [1.165, 1.54) is 13.2 Å². The highest BCUT2D eigenvalue weighted by molar-refractivity contribution is 5.48. The summed E-state index contributed by atoms with van der Waals surface area (Å²) < 4.78 is 24.1. The molecule has 0 N–H and O–H groups in total. The van der Waals surface area contributed by atoms with Gasteiger partial charge in [-0.2, -0.15) is 5.26 Å². The van der Waals surface area contributed by atoms with Crippen molar-refractivity contribution in [2.45, 2.75) is 6.61 Å². The number of benzene rings is 2. The van der Waals surface area contributed by atoms with Crippen molar-refractivity contribution >= 4 is 0 Å². The van der Waals surface area contributed by atoms with E-state index in [-0.39, 0.29) is 17.9 Å². The van der Waals surface area contributed by atoms with Crippen LogP contribution in [0.25, 0.3) is 0 Å². The lowest BCUT2D eigenvalue weighted by atomic mass is 10.2. The quantitative estimate of drug-likeness (QED) is 0.844. The second-order valence-corrected chi connectivity index (χ2v) is 3.87. The van der Waals surface area contributed by atoms with Crippen LogP contribution >= 0.6 is 0 Å². The molecule has 2 aromatic rings. The van der Waals surface area contributed by atoms with Crippen LogP contribution < -0.4 is 9.47 Å². The predicted octanol–water partition coefficient (Wildman–Crippen LogP) is 3.28. The second-order valence-electron chi connectivity index (χ2n) is 3.87. The minimum absolute atomic E-state index is 0.0692. The summed E-state index contributed by atoms with van der Waals surface area (Å²) >= 11 is 0. The van der Waals surface area contributed by atoms with Gasteiger partial charge < -0.3 is 9.47 Å². The highest BCUT2D eigenvalue weighted by atomic mass is 19.1. The Morgan fingerprint density at radius 1 is 1.16 bits per heavy atom. The van der Waals surface area contributed by atoms with Crippen molar-refractivity contribution in [2.75, 3.05) is 7.11 Å².